The molecule has 0 aliphatic carbocycles. The van der Waals surface area contributed by atoms with Crippen LogP contribution in [0.15, 0.2) is 47.1 Å². The van der Waals surface area contributed by atoms with Gasteiger partial charge in [0.2, 0.25) is 0 Å². The molecule has 4 rings (SSSR count). The molecule has 11 heteroatoms. The lowest BCUT2D eigenvalue weighted by molar-refractivity contribution is -0.192. The fourth-order valence-corrected chi connectivity index (χ4v) is 4.06. The first kappa shape index (κ1) is 24.7. The largest absolute Gasteiger partial charge is 0.490 e. The Morgan fingerprint density at radius 1 is 1.24 bits per heavy atom. The molecule has 0 unspecified atom stereocenters. The molecule has 2 fully saturated rings. The molecule has 2 N–H and O–H groups in total. The molecule has 3 heterocycles. The van der Waals surface area contributed by atoms with Gasteiger partial charge in [0.1, 0.15) is 5.82 Å². The van der Waals surface area contributed by atoms with Gasteiger partial charge in [-0.15, -0.1) is 0 Å². The van der Waals surface area contributed by atoms with Crippen molar-refractivity contribution < 1.29 is 41.4 Å². The third kappa shape index (κ3) is 7.03. The average Bonchev–Trinajstić information content (AvgIpc) is 3.39. The zero-order valence-corrected chi connectivity index (χ0v) is 17.6. The molecule has 1 aromatic heterocycles. The van der Waals surface area contributed by atoms with Crippen LogP contribution in [0.2, 0.25) is 0 Å². The molecule has 1 aromatic carbocycles. The van der Waals surface area contributed by atoms with Gasteiger partial charge in [-0.3, -0.25) is 9.69 Å². The summed E-state index contributed by atoms with van der Waals surface area (Å²) in [6.45, 7) is 3.06. The normalized spacial score (nSPS) is 23.1. The van der Waals surface area contributed by atoms with E-state index in [1.165, 1.54) is 12.3 Å². The van der Waals surface area contributed by atoms with Crippen LogP contribution in [0, 0.1) is 5.82 Å². The lowest BCUT2D eigenvalue weighted by Gasteiger charge is -2.38. The minimum Gasteiger partial charge on any atom is -0.475 e. The number of carbonyl (C=O) groups excluding carboxylic acids is 1. The van der Waals surface area contributed by atoms with Crippen molar-refractivity contribution in [1.82, 2.24) is 10.2 Å². The molecule has 7 nitrogen and oxygen atoms in total. The van der Waals surface area contributed by atoms with Crippen LogP contribution in [-0.2, 0) is 16.1 Å². The maximum absolute atomic E-state index is 13.4. The van der Waals surface area contributed by atoms with E-state index in [2.05, 4.69) is 10.2 Å². The lowest BCUT2D eigenvalue weighted by Crippen LogP contribution is -2.49. The van der Waals surface area contributed by atoms with Crippen LogP contribution in [0.3, 0.4) is 0 Å². The fraction of sp³-hybridized carbons (Fsp3) is 0.455. The van der Waals surface area contributed by atoms with Gasteiger partial charge in [0, 0.05) is 32.3 Å². The van der Waals surface area contributed by atoms with E-state index in [-0.39, 0.29) is 23.4 Å². The number of rotatable bonds is 4. The lowest BCUT2D eigenvalue weighted by atomic mass is 9.89. The van der Waals surface area contributed by atoms with Crippen LogP contribution in [0.4, 0.5) is 17.6 Å². The number of aliphatic carboxylic acids is 1. The van der Waals surface area contributed by atoms with Crippen LogP contribution in [0.1, 0.15) is 35.4 Å². The molecule has 2 aliphatic rings. The van der Waals surface area contributed by atoms with Crippen molar-refractivity contribution in [2.45, 2.75) is 43.6 Å². The van der Waals surface area contributed by atoms with Crippen molar-refractivity contribution in [2.75, 3.05) is 19.7 Å². The number of nitrogens with one attached hydrogen (secondary N) is 1. The van der Waals surface area contributed by atoms with E-state index in [9.17, 15) is 22.4 Å². The number of halogens is 4. The molecule has 0 saturated carbocycles. The van der Waals surface area contributed by atoms with Gasteiger partial charge in [0.25, 0.3) is 5.91 Å². The van der Waals surface area contributed by atoms with Crippen LogP contribution < -0.4 is 5.32 Å². The molecule has 2 aliphatic heterocycles. The maximum Gasteiger partial charge on any atom is 0.490 e. The summed E-state index contributed by atoms with van der Waals surface area (Å²) in [6, 6.07) is 10.2. The number of carboxylic acids is 1. The second-order valence-electron chi connectivity index (χ2n) is 8.07. The quantitative estimate of drug-likeness (QED) is 0.661. The summed E-state index contributed by atoms with van der Waals surface area (Å²) >= 11 is 0. The van der Waals surface area contributed by atoms with Crippen molar-refractivity contribution in [1.29, 1.82) is 0 Å². The van der Waals surface area contributed by atoms with E-state index in [1.54, 1.807) is 24.3 Å². The predicted octanol–water partition coefficient (Wildman–Crippen LogP) is 3.61. The molecule has 0 bridgehead atoms. The molecule has 0 radical (unpaired) electrons. The minimum absolute atomic E-state index is 0.0791. The number of amides is 1. The number of alkyl halides is 3. The zero-order chi connectivity index (χ0) is 24.1. The van der Waals surface area contributed by atoms with Gasteiger partial charge in [-0.25, -0.2) is 9.18 Å². The second-order valence-corrected chi connectivity index (χ2v) is 8.07. The summed E-state index contributed by atoms with van der Waals surface area (Å²) in [5, 5.41) is 10.2. The Morgan fingerprint density at radius 2 is 2.00 bits per heavy atom. The minimum atomic E-state index is -5.08. The van der Waals surface area contributed by atoms with Crippen LogP contribution in [-0.4, -0.2) is 59.4 Å². The van der Waals surface area contributed by atoms with Crippen molar-refractivity contribution in [3.05, 3.63) is 59.8 Å². The number of nitrogens with zero attached hydrogens (tertiary/aromatic N) is 1. The van der Waals surface area contributed by atoms with Crippen LogP contribution >= 0.6 is 0 Å². The standard InChI is InChI=1S/C20H23FN2O3.C2HF3O2/c21-16-4-1-3-15(11-16)13-23-8-7-20(14-23)12-17(6-10-26-20)22-19(24)18-5-2-9-25-18;3-2(4,5)1(6)7/h1-5,9,11,17H,6-8,10,12-14H2,(H,22,24);(H,6,7)/t17-,20-;/m1./s1. The molecule has 33 heavy (non-hydrogen) atoms. The average molecular weight is 472 g/mol. The molecule has 180 valence electrons. The third-order valence-electron chi connectivity index (χ3n) is 5.51. The SMILES string of the molecule is O=C(N[C@@H]1CCO[C@]2(CCN(Cc3cccc(F)c3)C2)C1)c1ccco1.O=C(O)C(F)(F)F. The Morgan fingerprint density at radius 3 is 2.64 bits per heavy atom. The van der Waals surface area contributed by atoms with Gasteiger partial charge in [0.15, 0.2) is 5.76 Å². The van der Waals surface area contributed by atoms with Crippen molar-refractivity contribution in [3.63, 3.8) is 0 Å². The molecular weight excluding hydrogens is 448 g/mol. The van der Waals surface area contributed by atoms with Crippen LogP contribution in [0.5, 0.6) is 0 Å². The van der Waals surface area contributed by atoms with Crippen molar-refractivity contribution in [2.24, 2.45) is 0 Å². The Labute approximate surface area is 187 Å². The summed E-state index contributed by atoms with van der Waals surface area (Å²) in [6.07, 6.45) is -1.06. The van der Waals surface area contributed by atoms with E-state index < -0.39 is 12.1 Å². The molecule has 2 saturated heterocycles. The van der Waals surface area contributed by atoms with Gasteiger partial charge < -0.3 is 19.6 Å². The molecular formula is C22H24F4N2O5. The Bertz CT molecular complexity index is 951. The fourth-order valence-electron chi connectivity index (χ4n) is 4.06. The monoisotopic (exact) mass is 472 g/mol. The summed E-state index contributed by atoms with van der Waals surface area (Å²) in [5.74, 6) is -2.80. The molecule has 1 spiro atoms. The molecule has 2 aromatic rings. The highest BCUT2D eigenvalue weighted by Gasteiger charge is 2.43. The van der Waals surface area contributed by atoms with E-state index in [0.29, 0.717) is 18.9 Å². The van der Waals surface area contributed by atoms with Gasteiger partial charge >= 0.3 is 12.1 Å². The summed E-state index contributed by atoms with van der Waals surface area (Å²) in [7, 11) is 0. The smallest absolute Gasteiger partial charge is 0.475 e. The molecule has 2 atom stereocenters. The van der Waals surface area contributed by atoms with E-state index in [1.807, 2.05) is 6.07 Å². The van der Waals surface area contributed by atoms with Gasteiger partial charge in [-0.1, -0.05) is 12.1 Å². The number of carbonyl (C=O) groups is 2. The van der Waals surface area contributed by atoms with Crippen LogP contribution in [0.25, 0.3) is 0 Å². The van der Waals surface area contributed by atoms with Gasteiger partial charge in [-0.05, 0) is 49.1 Å². The predicted molar refractivity (Wildman–Crippen MR) is 108 cm³/mol. The Balaban J connectivity index is 0.000000383. The Hall–Kier alpha value is -2.92. The summed E-state index contributed by atoms with van der Waals surface area (Å²) in [5.41, 5.74) is 0.743. The molecule has 1 amide bonds. The number of hydrogen-bond donors (Lipinski definition) is 2. The number of furan rings is 1. The number of benzene rings is 1. The van der Waals surface area contributed by atoms with E-state index in [4.69, 9.17) is 19.1 Å². The first-order valence-electron chi connectivity index (χ1n) is 10.3. The first-order chi connectivity index (χ1) is 15.6. The van der Waals surface area contributed by atoms with E-state index >= 15 is 0 Å². The third-order valence-corrected chi connectivity index (χ3v) is 5.51. The highest BCUT2D eigenvalue weighted by atomic mass is 19.4. The summed E-state index contributed by atoms with van der Waals surface area (Å²) < 4.78 is 56.4. The van der Waals surface area contributed by atoms with Gasteiger partial charge in [0.05, 0.1) is 11.9 Å². The highest BCUT2D eigenvalue weighted by molar-refractivity contribution is 5.91. The Kier molecular flexibility index (Phi) is 7.75. The number of hydrogen-bond acceptors (Lipinski definition) is 5. The zero-order valence-electron chi connectivity index (χ0n) is 17.6. The summed E-state index contributed by atoms with van der Waals surface area (Å²) in [4.78, 5) is 23.4. The van der Waals surface area contributed by atoms with Crippen molar-refractivity contribution >= 4 is 11.9 Å². The number of ether oxygens (including phenoxy) is 1. The number of likely N-dealkylation sites (tertiary alicyclic amines) is 1. The highest BCUT2D eigenvalue weighted by Crippen LogP contribution is 2.35. The maximum atomic E-state index is 13.4. The topological polar surface area (TPSA) is 92.0 Å². The first-order valence-corrected chi connectivity index (χ1v) is 10.3. The van der Waals surface area contributed by atoms with E-state index in [0.717, 1.165) is 37.9 Å². The van der Waals surface area contributed by atoms with Crippen molar-refractivity contribution in [3.8, 4) is 0 Å². The van der Waals surface area contributed by atoms with Gasteiger partial charge in [-0.2, -0.15) is 13.2 Å². The number of carboxylic acid groups (broad SMARTS) is 1. The second kappa shape index (κ2) is 10.3.